The van der Waals surface area contributed by atoms with Crippen molar-refractivity contribution >= 4 is 34.0 Å². The molecule has 1 atom stereocenters. The number of likely N-dealkylation sites (tertiary alicyclic amines) is 1. The van der Waals surface area contributed by atoms with Crippen LogP contribution in [0.1, 0.15) is 38.2 Å². The molecule has 1 saturated heterocycles. The molecule has 2 aliphatic heterocycles. The third-order valence-electron chi connectivity index (χ3n) is 6.89. The zero-order valence-corrected chi connectivity index (χ0v) is 20.6. The van der Waals surface area contributed by atoms with Crippen LogP contribution in [0.2, 0.25) is 0 Å². The first kappa shape index (κ1) is 23.8. The van der Waals surface area contributed by atoms with E-state index in [-0.39, 0.29) is 5.91 Å². The highest BCUT2D eigenvalue weighted by Crippen LogP contribution is 2.37. The fourth-order valence-corrected chi connectivity index (χ4v) is 4.88. The quantitative estimate of drug-likeness (QED) is 0.413. The van der Waals surface area contributed by atoms with Gasteiger partial charge in [-0.3, -0.25) is 9.69 Å². The number of hydrogen-bond acceptors (Lipinski definition) is 6. The van der Waals surface area contributed by atoms with E-state index >= 15 is 0 Å². The van der Waals surface area contributed by atoms with Crippen LogP contribution in [-0.2, 0) is 4.79 Å². The molecule has 184 valence electrons. The Morgan fingerprint density at radius 2 is 2.14 bits per heavy atom. The van der Waals surface area contributed by atoms with Gasteiger partial charge in [-0.2, -0.15) is 0 Å². The maximum atomic E-state index is 13.3. The van der Waals surface area contributed by atoms with Crippen LogP contribution in [0, 0.1) is 12.3 Å². The highest BCUT2D eigenvalue weighted by atomic mass is 16.5. The van der Waals surface area contributed by atoms with Gasteiger partial charge in [0, 0.05) is 47.9 Å². The van der Waals surface area contributed by atoms with Crippen molar-refractivity contribution in [1.29, 1.82) is 0 Å². The largest absolute Gasteiger partial charge is 0.491 e. The molecule has 1 fully saturated rings. The van der Waals surface area contributed by atoms with Crippen molar-refractivity contribution in [3.63, 3.8) is 0 Å². The number of carbonyl (C=O) groups is 1. The molecule has 36 heavy (non-hydrogen) atoms. The Labute approximate surface area is 212 Å². The predicted molar refractivity (Wildman–Crippen MR) is 144 cm³/mol. The minimum Gasteiger partial charge on any atom is -0.491 e. The molecule has 0 aliphatic carbocycles. The lowest BCUT2D eigenvalue weighted by Crippen LogP contribution is -2.37. The average molecular weight is 482 g/mol. The number of nitrogens with one attached hydrogen (secondary N) is 1. The Morgan fingerprint density at radius 1 is 1.22 bits per heavy atom. The van der Waals surface area contributed by atoms with E-state index in [1.54, 1.807) is 11.0 Å². The maximum absolute atomic E-state index is 13.3. The molecule has 7 nitrogen and oxygen atoms in total. The summed E-state index contributed by atoms with van der Waals surface area (Å²) in [5.41, 5.74) is 3.09. The van der Waals surface area contributed by atoms with E-state index in [4.69, 9.17) is 11.2 Å². The zero-order valence-electron chi connectivity index (χ0n) is 20.6. The molecule has 3 aromatic rings. The minimum atomic E-state index is -0.0427. The summed E-state index contributed by atoms with van der Waals surface area (Å²) < 4.78 is 6.01. The van der Waals surface area contributed by atoms with Crippen LogP contribution in [0.15, 0.2) is 54.9 Å². The van der Waals surface area contributed by atoms with E-state index in [1.165, 1.54) is 25.6 Å². The summed E-state index contributed by atoms with van der Waals surface area (Å²) in [6, 6.07) is 12.0. The van der Waals surface area contributed by atoms with Gasteiger partial charge in [-0.1, -0.05) is 24.5 Å². The van der Waals surface area contributed by atoms with Crippen LogP contribution in [0.25, 0.3) is 10.9 Å². The maximum Gasteiger partial charge on any atom is 0.250 e. The third kappa shape index (κ3) is 5.19. The van der Waals surface area contributed by atoms with Gasteiger partial charge in [0.25, 0.3) is 5.91 Å². The van der Waals surface area contributed by atoms with Crippen LogP contribution in [0.4, 0.5) is 17.2 Å². The van der Waals surface area contributed by atoms with Gasteiger partial charge in [0.05, 0.1) is 17.8 Å². The topological polar surface area (TPSA) is 70.6 Å². The van der Waals surface area contributed by atoms with Gasteiger partial charge in [0.1, 0.15) is 17.9 Å². The lowest BCUT2D eigenvalue weighted by molar-refractivity contribution is -0.114. The Kier molecular flexibility index (Phi) is 7.15. The Morgan fingerprint density at radius 3 is 3.00 bits per heavy atom. The number of fused-ring (bicyclic) bond motifs is 2. The number of ether oxygens (including phenoxy) is 1. The lowest BCUT2D eigenvalue weighted by atomic mass is 10.0. The van der Waals surface area contributed by atoms with E-state index in [9.17, 15) is 4.79 Å². The first-order chi connectivity index (χ1) is 17.6. The fourth-order valence-electron chi connectivity index (χ4n) is 4.88. The second kappa shape index (κ2) is 10.8. The van der Waals surface area contributed by atoms with E-state index in [0.717, 1.165) is 47.4 Å². The molecule has 1 N–H and O–H groups in total. The Balaban J connectivity index is 1.43. The first-order valence-corrected chi connectivity index (χ1v) is 12.6. The molecule has 1 aromatic heterocycles. The molecule has 2 aliphatic rings. The molecule has 3 heterocycles. The van der Waals surface area contributed by atoms with E-state index < -0.39 is 0 Å². The summed E-state index contributed by atoms with van der Waals surface area (Å²) in [7, 11) is 0. The molecule has 1 amide bonds. The number of benzene rings is 2. The molecule has 0 spiro atoms. The molecule has 2 aromatic carbocycles. The number of hydrogen-bond donors (Lipinski definition) is 1. The molecule has 1 unspecified atom stereocenters. The van der Waals surface area contributed by atoms with Crippen LogP contribution < -0.4 is 15.0 Å². The van der Waals surface area contributed by atoms with Gasteiger partial charge in [-0.15, -0.1) is 6.42 Å². The van der Waals surface area contributed by atoms with Crippen molar-refractivity contribution in [2.24, 2.45) is 0 Å². The predicted octanol–water partition coefficient (Wildman–Crippen LogP) is 4.90. The number of nitrogens with zero attached hydrogens (tertiary/aromatic N) is 4. The van der Waals surface area contributed by atoms with Gasteiger partial charge >= 0.3 is 0 Å². The van der Waals surface area contributed by atoms with E-state index in [1.807, 2.05) is 42.5 Å². The molecule has 0 saturated carbocycles. The monoisotopic (exact) mass is 481 g/mol. The van der Waals surface area contributed by atoms with Gasteiger partial charge in [0.2, 0.25) is 0 Å². The minimum absolute atomic E-state index is 0.0427. The van der Waals surface area contributed by atoms with Crippen LogP contribution in [0.5, 0.6) is 5.75 Å². The average Bonchev–Trinajstić information content (AvgIpc) is 3.11. The standard InChI is InChI=1S/C29H31N5O2/c1-3-22-10-6-11-23(17-22)32-29-24-18-26-27(19-25(24)30-20-31-29)36-16-8-15-34(26)28(35)12-7-14-33-13-5-4-9-21(33)2/h1,6-7,10-12,17-21H,4-5,8-9,13-16H2,2H3,(H,30,31,32)/b12-7+. The number of aromatic nitrogens is 2. The molecular formula is C29H31N5O2. The summed E-state index contributed by atoms with van der Waals surface area (Å²) in [5.74, 6) is 3.91. The molecular weight excluding hydrogens is 450 g/mol. The van der Waals surface area contributed by atoms with Crippen LogP contribution in [-0.4, -0.2) is 53.1 Å². The van der Waals surface area contributed by atoms with E-state index in [0.29, 0.717) is 30.8 Å². The van der Waals surface area contributed by atoms with Crippen LogP contribution >= 0.6 is 0 Å². The normalized spacial score (nSPS) is 18.3. The van der Waals surface area contributed by atoms with Gasteiger partial charge in [-0.25, -0.2) is 9.97 Å². The van der Waals surface area contributed by atoms with Crippen molar-refractivity contribution in [3.05, 3.63) is 60.4 Å². The number of carbonyl (C=O) groups excluding carboxylic acids is 1. The lowest BCUT2D eigenvalue weighted by Gasteiger charge is -2.32. The summed E-state index contributed by atoms with van der Waals surface area (Å²) in [5, 5.41) is 4.16. The zero-order chi connectivity index (χ0) is 24.9. The second-order valence-electron chi connectivity index (χ2n) is 9.34. The highest BCUT2D eigenvalue weighted by molar-refractivity contribution is 6.05. The van der Waals surface area contributed by atoms with Crippen molar-refractivity contribution in [2.45, 2.75) is 38.6 Å². The SMILES string of the molecule is C#Cc1cccc(Nc2ncnc3cc4c(cc23)N(C(=O)/C=C/CN2CCCCC2C)CCCO4)c1. The first-order valence-electron chi connectivity index (χ1n) is 12.6. The van der Waals surface area contributed by atoms with Crippen molar-refractivity contribution < 1.29 is 9.53 Å². The van der Waals surface area contributed by atoms with Gasteiger partial charge in [-0.05, 0) is 57.0 Å². The van der Waals surface area contributed by atoms with Crippen molar-refractivity contribution in [3.8, 4) is 18.1 Å². The fraction of sp³-hybridized carbons (Fsp3) is 0.345. The van der Waals surface area contributed by atoms with Crippen molar-refractivity contribution in [2.75, 3.05) is 36.5 Å². The summed E-state index contributed by atoms with van der Waals surface area (Å²) in [6.07, 6.45) is 15.3. The second-order valence-corrected chi connectivity index (χ2v) is 9.34. The summed E-state index contributed by atoms with van der Waals surface area (Å²) >= 11 is 0. The highest BCUT2D eigenvalue weighted by Gasteiger charge is 2.23. The molecule has 5 rings (SSSR count). The molecule has 0 bridgehead atoms. The smallest absolute Gasteiger partial charge is 0.250 e. The molecule has 7 heteroatoms. The van der Waals surface area contributed by atoms with Crippen LogP contribution in [0.3, 0.4) is 0 Å². The number of piperidine rings is 1. The number of terminal acetylenes is 1. The number of anilines is 3. The summed E-state index contributed by atoms with van der Waals surface area (Å²) in [6.45, 7) is 5.28. The Hall–Kier alpha value is -3.89. The number of rotatable bonds is 5. The van der Waals surface area contributed by atoms with E-state index in [2.05, 4.69) is 33.0 Å². The molecule has 0 radical (unpaired) electrons. The van der Waals surface area contributed by atoms with Gasteiger partial charge < -0.3 is 15.0 Å². The third-order valence-corrected chi connectivity index (χ3v) is 6.89. The van der Waals surface area contributed by atoms with Crippen molar-refractivity contribution in [1.82, 2.24) is 14.9 Å². The van der Waals surface area contributed by atoms with Gasteiger partial charge in [0.15, 0.2) is 0 Å². The summed E-state index contributed by atoms with van der Waals surface area (Å²) in [4.78, 5) is 26.5. The Bertz CT molecular complexity index is 1330. The number of amides is 1.